The van der Waals surface area contributed by atoms with Gasteiger partial charge in [-0.05, 0) is 61.3 Å². The van der Waals surface area contributed by atoms with Crippen LogP contribution in [0, 0.1) is 5.92 Å². The summed E-state index contributed by atoms with van der Waals surface area (Å²) in [5.41, 5.74) is 3.56. The van der Waals surface area contributed by atoms with Gasteiger partial charge in [0.05, 0.1) is 0 Å². The third-order valence-corrected chi connectivity index (χ3v) is 7.47. The zero-order valence-corrected chi connectivity index (χ0v) is 20.5. The number of likely N-dealkylation sites (tertiary alicyclic amines) is 1. The van der Waals surface area contributed by atoms with Crippen LogP contribution in [0.15, 0.2) is 48.5 Å². The van der Waals surface area contributed by atoms with Crippen LogP contribution in [0.2, 0.25) is 0 Å². The standard InChI is InChI=1S/C28H34N2O5/c1-19(25(31)30-17-8-7-15-28(30,2)26(32)33)10-9-16-29-27(34)35-18-24-22-13-5-3-11-20(22)21-12-4-6-14-23(21)24/h3-6,11-14,19,24H,7-10,15-18H2,1-2H3,(H,29,34)(H,32,33). The minimum absolute atomic E-state index is 0.0129. The van der Waals surface area contributed by atoms with Gasteiger partial charge in [0.2, 0.25) is 5.91 Å². The van der Waals surface area contributed by atoms with Crippen LogP contribution in [0.1, 0.15) is 63.0 Å². The molecule has 2 N–H and O–H groups in total. The number of carbonyl (C=O) groups excluding carboxylic acids is 2. The maximum absolute atomic E-state index is 12.9. The molecule has 4 rings (SSSR count). The molecule has 186 valence electrons. The third kappa shape index (κ3) is 5.04. The molecule has 0 radical (unpaired) electrons. The van der Waals surface area contributed by atoms with E-state index in [1.807, 2.05) is 31.2 Å². The Morgan fingerprint density at radius 3 is 2.34 bits per heavy atom. The van der Waals surface area contributed by atoms with Gasteiger partial charge in [-0.3, -0.25) is 4.79 Å². The predicted molar refractivity (Wildman–Crippen MR) is 133 cm³/mol. The second kappa shape index (κ2) is 10.5. The molecule has 2 aromatic rings. The minimum Gasteiger partial charge on any atom is -0.480 e. The van der Waals surface area contributed by atoms with E-state index in [0.717, 1.165) is 12.8 Å². The van der Waals surface area contributed by atoms with Crippen molar-refractivity contribution in [3.8, 4) is 11.1 Å². The third-order valence-electron chi connectivity index (χ3n) is 7.47. The zero-order chi connectivity index (χ0) is 25.0. The molecule has 1 heterocycles. The van der Waals surface area contributed by atoms with Crippen LogP contribution >= 0.6 is 0 Å². The highest BCUT2D eigenvalue weighted by Crippen LogP contribution is 2.44. The van der Waals surface area contributed by atoms with E-state index >= 15 is 0 Å². The summed E-state index contributed by atoms with van der Waals surface area (Å²) in [5.74, 6) is -1.37. The van der Waals surface area contributed by atoms with Crippen molar-refractivity contribution < 1.29 is 24.2 Å². The number of nitrogens with one attached hydrogen (secondary N) is 1. The van der Waals surface area contributed by atoms with E-state index < -0.39 is 17.6 Å². The fourth-order valence-corrected chi connectivity index (χ4v) is 5.33. The van der Waals surface area contributed by atoms with Gasteiger partial charge >= 0.3 is 12.1 Å². The van der Waals surface area contributed by atoms with Crippen molar-refractivity contribution in [1.29, 1.82) is 0 Å². The second-order valence-corrected chi connectivity index (χ2v) is 9.82. The average Bonchev–Trinajstić information content (AvgIpc) is 3.18. The first kappa shape index (κ1) is 24.8. The molecular weight excluding hydrogens is 444 g/mol. The smallest absolute Gasteiger partial charge is 0.407 e. The molecule has 0 saturated carbocycles. The zero-order valence-electron chi connectivity index (χ0n) is 20.5. The number of rotatable bonds is 8. The molecule has 1 aliphatic heterocycles. The van der Waals surface area contributed by atoms with E-state index in [0.29, 0.717) is 32.4 Å². The number of amides is 2. The normalized spacial score (nSPS) is 20.0. The fourth-order valence-electron chi connectivity index (χ4n) is 5.33. The number of carboxylic acids is 1. The van der Waals surface area contributed by atoms with Gasteiger partial charge in [0.15, 0.2) is 0 Å². The quantitative estimate of drug-likeness (QED) is 0.532. The summed E-state index contributed by atoms with van der Waals surface area (Å²) >= 11 is 0. The number of aliphatic carboxylic acids is 1. The Hall–Kier alpha value is -3.35. The first-order valence-corrected chi connectivity index (χ1v) is 12.5. The molecule has 2 atom stereocenters. The molecule has 2 unspecified atom stereocenters. The number of piperidine rings is 1. The van der Waals surface area contributed by atoms with Gasteiger partial charge in [-0.2, -0.15) is 0 Å². The van der Waals surface area contributed by atoms with Crippen LogP contribution < -0.4 is 5.32 Å². The number of benzene rings is 2. The second-order valence-electron chi connectivity index (χ2n) is 9.82. The Balaban J connectivity index is 1.23. The van der Waals surface area contributed by atoms with Crippen LogP contribution in [-0.2, 0) is 14.3 Å². The summed E-state index contributed by atoms with van der Waals surface area (Å²) in [6.45, 7) is 4.59. The lowest BCUT2D eigenvalue weighted by atomic mass is 9.87. The summed E-state index contributed by atoms with van der Waals surface area (Å²) in [7, 11) is 0. The van der Waals surface area contributed by atoms with Crippen LogP contribution in [0.4, 0.5) is 4.79 Å². The SMILES string of the molecule is CC(CCCNC(=O)OCC1c2ccccc2-c2ccccc21)C(=O)N1CCCCC1(C)C(=O)O. The monoisotopic (exact) mass is 478 g/mol. The van der Waals surface area contributed by atoms with Crippen molar-refractivity contribution in [1.82, 2.24) is 10.2 Å². The lowest BCUT2D eigenvalue weighted by Gasteiger charge is -2.42. The molecule has 2 aromatic carbocycles. The van der Waals surface area contributed by atoms with Crippen molar-refractivity contribution in [2.75, 3.05) is 19.7 Å². The van der Waals surface area contributed by atoms with Gasteiger partial charge in [0, 0.05) is 24.9 Å². The van der Waals surface area contributed by atoms with Gasteiger partial charge < -0.3 is 20.1 Å². The number of ether oxygens (including phenoxy) is 1. The lowest BCUT2D eigenvalue weighted by Crippen LogP contribution is -2.58. The van der Waals surface area contributed by atoms with E-state index in [9.17, 15) is 19.5 Å². The molecule has 2 amide bonds. The van der Waals surface area contributed by atoms with Crippen LogP contribution in [0.25, 0.3) is 11.1 Å². The molecular formula is C28H34N2O5. The molecule has 35 heavy (non-hydrogen) atoms. The Morgan fingerprint density at radius 1 is 1.09 bits per heavy atom. The van der Waals surface area contributed by atoms with Crippen LogP contribution in [0.5, 0.6) is 0 Å². The number of fused-ring (bicyclic) bond motifs is 3. The van der Waals surface area contributed by atoms with Gasteiger partial charge in [-0.25, -0.2) is 9.59 Å². The predicted octanol–water partition coefficient (Wildman–Crippen LogP) is 4.80. The van der Waals surface area contributed by atoms with Crippen molar-refractivity contribution in [3.63, 3.8) is 0 Å². The summed E-state index contributed by atoms with van der Waals surface area (Å²) in [5, 5.41) is 12.4. The number of carbonyl (C=O) groups is 3. The Morgan fingerprint density at radius 2 is 1.71 bits per heavy atom. The number of nitrogens with zero attached hydrogens (tertiary/aromatic N) is 1. The van der Waals surface area contributed by atoms with Gasteiger partial charge in [0.25, 0.3) is 0 Å². The van der Waals surface area contributed by atoms with E-state index in [2.05, 4.69) is 29.6 Å². The van der Waals surface area contributed by atoms with E-state index in [1.54, 1.807) is 6.92 Å². The number of hydrogen-bond donors (Lipinski definition) is 2. The van der Waals surface area contributed by atoms with E-state index in [4.69, 9.17) is 4.74 Å². The summed E-state index contributed by atoms with van der Waals surface area (Å²) in [6.07, 6.45) is 2.81. The molecule has 7 nitrogen and oxygen atoms in total. The van der Waals surface area contributed by atoms with Crippen molar-refractivity contribution >= 4 is 18.0 Å². The number of hydrogen-bond acceptors (Lipinski definition) is 4. The Kier molecular flexibility index (Phi) is 7.43. The first-order chi connectivity index (χ1) is 16.8. The minimum atomic E-state index is -1.14. The van der Waals surface area contributed by atoms with E-state index in [-0.39, 0.29) is 24.3 Å². The molecule has 7 heteroatoms. The molecule has 1 aliphatic carbocycles. The fraction of sp³-hybridized carbons (Fsp3) is 0.464. The molecule has 2 aliphatic rings. The highest BCUT2D eigenvalue weighted by molar-refractivity contribution is 5.88. The van der Waals surface area contributed by atoms with Gasteiger partial charge in [-0.1, -0.05) is 55.5 Å². The molecule has 0 bridgehead atoms. The summed E-state index contributed by atoms with van der Waals surface area (Å²) in [6, 6.07) is 16.4. The van der Waals surface area contributed by atoms with Crippen LogP contribution in [0.3, 0.4) is 0 Å². The van der Waals surface area contributed by atoms with Crippen LogP contribution in [-0.4, -0.2) is 53.2 Å². The Bertz CT molecular complexity index is 1050. The Labute approximate surface area is 206 Å². The molecule has 1 saturated heterocycles. The number of alkyl carbamates (subject to hydrolysis) is 1. The summed E-state index contributed by atoms with van der Waals surface area (Å²) < 4.78 is 5.55. The number of carboxylic acid groups (broad SMARTS) is 1. The van der Waals surface area contributed by atoms with Gasteiger partial charge in [0.1, 0.15) is 12.1 Å². The largest absolute Gasteiger partial charge is 0.480 e. The van der Waals surface area contributed by atoms with Crippen molar-refractivity contribution in [3.05, 3.63) is 59.7 Å². The molecule has 1 fully saturated rings. The lowest BCUT2D eigenvalue weighted by molar-refractivity contribution is -0.162. The molecule has 0 spiro atoms. The first-order valence-electron chi connectivity index (χ1n) is 12.5. The highest BCUT2D eigenvalue weighted by atomic mass is 16.5. The molecule has 0 aromatic heterocycles. The van der Waals surface area contributed by atoms with Gasteiger partial charge in [-0.15, -0.1) is 0 Å². The maximum Gasteiger partial charge on any atom is 0.407 e. The topological polar surface area (TPSA) is 95.9 Å². The van der Waals surface area contributed by atoms with Crippen molar-refractivity contribution in [2.45, 2.75) is 57.4 Å². The van der Waals surface area contributed by atoms with E-state index in [1.165, 1.54) is 27.2 Å². The van der Waals surface area contributed by atoms with Crippen molar-refractivity contribution in [2.24, 2.45) is 5.92 Å². The average molecular weight is 479 g/mol. The summed E-state index contributed by atoms with van der Waals surface area (Å²) in [4.78, 5) is 38.6. The maximum atomic E-state index is 12.9. The highest BCUT2D eigenvalue weighted by Gasteiger charge is 2.44.